The van der Waals surface area contributed by atoms with Crippen molar-refractivity contribution in [3.8, 4) is 0 Å². The molecule has 1 atom stereocenters. The molecule has 1 amide bonds. The van der Waals surface area contributed by atoms with E-state index in [0.29, 0.717) is 19.4 Å². The summed E-state index contributed by atoms with van der Waals surface area (Å²) in [6, 6.07) is 0. The van der Waals surface area contributed by atoms with Crippen molar-refractivity contribution in [1.82, 2.24) is 5.32 Å². The zero-order valence-electron chi connectivity index (χ0n) is 9.61. The highest BCUT2D eigenvalue weighted by Gasteiger charge is 2.15. The van der Waals surface area contributed by atoms with Crippen LogP contribution in [0.5, 0.6) is 0 Å². The Hall–Kier alpha value is 0.130. The molecule has 0 aromatic rings. The number of carbonyl (C=O) groups excluding carboxylic acids is 1. The highest BCUT2D eigenvalue weighted by molar-refractivity contribution is 8.77. The molecule has 1 rings (SSSR count). The summed E-state index contributed by atoms with van der Waals surface area (Å²) >= 11 is 0. The summed E-state index contributed by atoms with van der Waals surface area (Å²) in [4.78, 5) is 11.3. The molecular formula is C11H21NO2S2. The summed E-state index contributed by atoms with van der Waals surface area (Å²) in [5.41, 5.74) is 0. The summed E-state index contributed by atoms with van der Waals surface area (Å²) in [7, 11) is 3.98. The highest BCUT2D eigenvalue weighted by atomic mass is 33.1. The molecule has 1 saturated heterocycles. The Morgan fingerprint density at radius 3 is 2.94 bits per heavy atom. The molecule has 16 heavy (non-hydrogen) atoms. The molecule has 2 N–H and O–H groups in total. The molecule has 3 nitrogen and oxygen atoms in total. The molecule has 0 bridgehead atoms. The van der Waals surface area contributed by atoms with Crippen molar-refractivity contribution in [2.24, 2.45) is 0 Å². The van der Waals surface area contributed by atoms with Gasteiger partial charge in [-0.2, -0.15) is 0 Å². The first-order valence-electron chi connectivity index (χ1n) is 5.98. The van der Waals surface area contributed by atoms with E-state index >= 15 is 0 Å². The lowest BCUT2D eigenvalue weighted by atomic mass is 10.1. The van der Waals surface area contributed by atoms with Gasteiger partial charge in [0.1, 0.15) is 0 Å². The van der Waals surface area contributed by atoms with Crippen LogP contribution in [0.2, 0.25) is 0 Å². The van der Waals surface area contributed by atoms with Crippen molar-refractivity contribution < 1.29 is 9.90 Å². The molecular weight excluding hydrogens is 242 g/mol. The number of aliphatic hydroxyl groups is 1. The maximum Gasteiger partial charge on any atom is 0.219 e. The second-order valence-corrected chi connectivity index (χ2v) is 6.79. The maximum absolute atomic E-state index is 11.3. The predicted molar refractivity (Wildman–Crippen MR) is 71.6 cm³/mol. The number of nitrogens with one attached hydrogen (secondary N) is 1. The van der Waals surface area contributed by atoms with E-state index in [1.54, 1.807) is 0 Å². The Bertz CT molecular complexity index is 196. The van der Waals surface area contributed by atoms with E-state index in [0.717, 1.165) is 18.1 Å². The first-order valence-corrected chi connectivity index (χ1v) is 8.37. The average molecular weight is 263 g/mol. The number of hydrogen-bond acceptors (Lipinski definition) is 4. The Balaban J connectivity index is 1.87. The minimum absolute atomic E-state index is 0.127. The minimum atomic E-state index is 0.127. The first-order chi connectivity index (χ1) is 7.83. The van der Waals surface area contributed by atoms with Gasteiger partial charge in [0.2, 0.25) is 5.91 Å². The fourth-order valence-electron chi connectivity index (χ4n) is 1.62. The molecule has 5 heteroatoms. The van der Waals surface area contributed by atoms with E-state index in [1.165, 1.54) is 18.6 Å². The van der Waals surface area contributed by atoms with E-state index in [9.17, 15) is 4.79 Å². The van der Waals surface area contributed by atoms with Crippen LogP contribution in [-0.2, 0) is 4.79 Å². The summed E-state index contributed by atoms with van der Waals surface area (Å²) in [6.45, 7) is 0.751. The second-order valence-electron chi connectivity index (χ2n) is 4.00. The second kappa shape index (κ2) is 9.19. The SMILES string of the molecule is O=C(CCCC[C@@H]1CCSS1)NCCCO. The van der Waals surface area contributed by atoms with Gasteiger partial charge in [-0.05, 0) is 25.7 Å². The fraction of sp³-hybridized carbons (Fsp3) is 0.909. The number of rotatable bonds is 8. The molecule has 1 aliphatic heterocycles. The molecule has 0 saturated carbocycles. The number of carbonyl (C=O) groups is 1. The van der Waals surface area contributed by atoms with E-state index in [-0.39, 0.29) is 12.5 Å². The molecule has 0 radical (unpaired) electrons. The van der Waals surface area contributed by atoms with Gasteiger partial charge in [0.15, 0.2) is 0 Å². The molecule has 0 aromatic heterocycles. The van der Waals surface area contributed by atoms with Gasteiger partial charge in [-0.15, -0.1) is 0 Å². The monoisotopic (exact) mass is 263 g/mol. The van der Waals surface area contributed by atoms with Crippen molar-refractivity contribution in [2.75, 3.05) is 18.9 Å². The standard InChI is InChI=1S/C11H21NO2S2/c13-8-3-7-12-11(14)5-2-1-4-10-6-9-15-16-10/h10,13H,1-9H2,(H,12,14)/t10-/m1/s1. The van der Waals surface area contributed by atoms with Crippen molar-refractivity contribution in [2.45, 2.75) is 43.8 Å². The minimum Gasteiger partial charge on any atom is -0.396 e. The summed E-state index contributed by atoms with van der Waals surface area (Å²) in [5.74, 6) is 1.42. The fourth-order valence-corrected chi connectivity index (χ4v) is 4.64. The summed E-state index contributed by atoms with van der Waals surface area (Å²) in [6.07, 6.45) is 6.02. The van der Waals surface area contributed by atoms with Gasteiger partial charge in [0, 0.05) is 30.6 Å². The topological polar surface area (TPSA) is 49.3 Å². The first kappa shape index (κ1) is 14.2. The van der Waals surface area contributed by atoms with Crippen LogP contribution < -0.4 is 5.32 Å². The number of unbranched alkanes of at least 4 members (excludes halogenated alkanes) is 1. The summed E-state index contributed by atoms with van der Waals surface area (Å²) in [5, 5.41) is 12.2. The molecule has 1 fully saturated rings. The van der Waals surface area contributed by atoms with Crippen LogP contribution in [0, 0.1) is 0 Å². The van der Waals surface area contributed by atoms with Gasteiger partial charge >= 0.3 is 0 Å². The summed E-state index contributed by atoms with van der Waals surface area (Å²) < 4.78 is 0. The molecule has 0 spiro atoms. The van der Waals surface area contributed by atoms with Crippen LogP contribution in [0.25, 0.3) is 0 Å². The molecule has 1 heterocycles. The zero-order chi connectivity index (χ0) is 11.6. The third-order valence-corrected chi connectivity index (χ3v) is 5.57. The van der Waals surface area contributed by atoms with E-state index < -0.39 is 0 Å². The number of aliphatic hydroxyl groups excluding tert-OH is 1. The zero-order valence-corrected chi connectivity index (χ0v) is 11.2. The largest absolute Gasteiger partial charge is 0.396 e. The smallest absolute Gasteiger partial charge is 0.219 e. The van der Waals surface area contributed by atoms with Gasteiger partial charge in [-0.3, -0.25) is 4.79 Å². The Morgan fingerprint density at radius 1 is 1.38 bits per heavy atom. The van der Waals surface area contributed by atoms with E-state index in [1.807, 2.05) is 21.6 Å². The van der Waals surface area contributed by atoms with Crippen LogP contribution in [0.15, 0.2) is 0 Å². The Morgan fingerprint density at radius 2 is 2.25 bits per heavy atom. The van der Waals surface area contributed by atoms with Gasteiger partial charge in [0.25, 0.3) is 0 Å². The highest BCUT2D eigenvalue weighted by Crippen LogP contribution is 2.39. The Labute approximate surface area is 106 Å². The van der Waals surface area contributed by atoms with Crippen LogP contribution in [0.3, 0.4) is 0 Å². The van der Waals surface area contributed by atoms with Gasteiger partial charge < -0.3 is 10.4 Å². The third kappa shape index (κ3) is 6.66. The molecule has 1 aliphatic rings. The van der Waals surface area contributed by atoms with E-state index in [4.69, 9.17) is 5.11 Å². The lowest BCUT2D eigenvalue weighted by molar-refractivity contribution is -0.121. The van der Waals surface area contributed by atoms with Crippen molar-refractivity contribution in [3.05, 3.63) is 0 Å². The lowest BCUT2D eigenvalue weighted by Crippen LogP contribution is -2.24. The van der Waals surface area contributed by atoms with Crippen molar-refractivity contribution in [3.63, 3.8) is 0 Å². The maximum atomic E-state index is 11.3. The normalized spacial score (nSPS) is 19.9. The predicted octanol–water partition coefficient (Wildman–Crippen LogP) is 2.20. The lowest BCUT2D eigenvalue weighted by Gasteiger charge is -2.07. The van der Waals surface area contributed by atoms with Crippen molar-refractivity contribution in [1.29, 1.82) is 0 Å². The van der Waals surface area contributed by atoms with Crippen LogP contribution in [0.1, 0.15) is 38.5 Å². The van der Waals surface area contributed by atoms with E-state index in [2.05, 4.69) is 5.32 Å². The molecule has 0 unspecified atom stereocenters. The van der Waals surface area contributed by atoms with Gasteiger partial charge in [-0.25, -0.2) is 0 Å². The average Bonchev–Trinajstić information content (AvgIpc) is 2.78. The molecule has 0 aromatic carbocycles. The quantitative estimate of drug-likeness (QED) is 0.521. The number of hydrogen-bond donors (Lipinski definition) is 2. The third-order valence-electron chi connectivity index (χ3n) is 2.56. The van der Waals surface area contributed by atoms with Crippen molar-refractivity contribution >= 4 is 27.5 Å². The molecule has 0 aliphatic carbocycles. The van der Waals surface area contributed by atoms with Crippen LogP contribution >= 0.6 is 21.6 Å². The van der Waals surface area contributed by atoms with Gasteiger partial charge in [0.05, 0.1) is 0 Å². The Kier molecular flexibility index (Phi) is 8.15. The van der Waals surface area contributed by atoms with Crippen LogP contribution in [-0.4, -0.2) is 35.2 Å². The number of amides is 1. The molecule has 94 valence electrons. The van der Waals surface area contributed by atoms with Gasteiger partial charge in [-0.1, -0.05) is 28.0 Å². The van der Waals surface area contributed by atoms with Crippen LogP contribution in [0.4, 0.5) is 0 Å².